The molecule has 0 saturated carbocycles. The molecule has 6 N–H and O–H groups in total. The summed E-state index contributed by atoms with van der Waals surface area (Å²) in [4.78, 5) is 54.9. The van der Waals surface area contributed by atoms with Crippen molar-refractivity contribution in [2.24, 2.45) is 5.92 Å². The maximum absolute atomic E-state index is 13.8. The SMILES string of the molecule is C[C@H](CO)N1C[C@H](C)[C@@H](CN(C)C(=O)Nc2ccccc2)Oc2ccc(NC(=O)CCCCCC(=O)Nc3ccccc3N)cc2C1=O. The number of carbonyl (C=O) groups excluding carboxylic acids is 4. The first-order valence-corrected chi connectivity index (χ1v) is 16.3. The van der Waals surface area contributed by atoms with Crippen molar-refractivity contribution in [2.45, 2.75) is 58.1 Å². The molecule has 1 aliphatic rings. The average Bonchev–Trinajstić information content (AvgIpc) is 3.07. The summed E-state index contributed by atoms with van der Waals surface area (Å²) in [5, 5.41) is 18.5. The number of benzene rings is 3. The molecule has 4 rings (SSSR count). The normalized spacial score (nSPS) is 16.4. The minimum Gasteiger partial charge on any atom is -0.487 e. The van der Waals surface area contributed by atoms with Crippen LogP contribution in [0.3, 0.4) is 0 Å². The van der Waals surface area contributed by atoms with Gasteiger partial charge in [0.05, 0.1) is 36.1 Å². The van der Waals surface area contributed by atoms with Crippen LogP contribution in [0, 0.1) is 5.92 Å². The van der Waals surface area contributed by atoms with Crippen LogP contribution >= 0.6 is 0 Å². The Balaban J connectivity index is 1.36. The van der Waals surface area contributed by atoms with Crippen molar-refractivity contribution in [2.75, 3.05) is 48.4 Å². The molecule has 3 aromatic rings. The summed E-state index contributed by atoms with van der Waals surface area (Å²) in [6.07, 6.45) is 2.00. The number of carbonyl (C=O) groups is 4. The number of amides is 5. The van der Waals surface area contributed by atoms with Gasteiger partial charge < -0.3 is 41.3 Å². The van der Waals surface area contributed by atoms with Crippen molar-refractivity contribution in [1.82, 2.24) is 9.80 Å². The summed E-state index contributed by atoms with van der Waals surface area (Å²) in [7, 11) is 1.68. The molecule has 1 heterocycles. The topological polar surface area (TPSA) is 166 Å². The van der Waals surface area contributed by atoms with Gasteiger partial charge >= 0.3 is 6.03 Å². The Labute approximate surface area is 281 Å². The third kappa shape index (κ3) is 9.95. The predicted molar refractivity (Wildman–Crippen MR) is 187 cm³/mol. The molecule has 3 aromatic carbocycles. The number of rotatable bonds is 13. The fraction of sp³-hybridized carbons (Fsp3) is 0.389. The zero-order valence-corrected chi connectivity index (χ0v) is 27.8. The molecular weight excluding hydrogens is 612 g/mol. The Hall–Kier alpha value is -5.10. The minimum absolute atomic E-state index is 0.131. The van der Waals surface area contributed by atoms with E-state index in [1.54, 1.807) is 73.5 Å². The summed E-state index contributed by atoms with van der Waals surface area (Å²) in [6.45, 7) is 4.04. The fourth-order valence-corrected chi connectivity index (χ4v) is 5.41. The fourth-order valence-electron chi connectivity index (χ4n) is 5.41. The van der Waals surface area contributed by atoms with Crippen molar-refractivity contribution >= 4 is 46.5 Å². The van der Waals surface area contributed by atoms with E-state index in [4.69, 9.17) is 10.5 Å². The predicted octanol–water partition coefficient (Wildman–Crippen LogP) is 5.18. The van der Waals surface area contributed by atoms with E-state index in [2.05, 4.69) is 16.0 Å². The molecule has 5 amide bonds. The molecule has 0 radical (unpaired) electrons. The summed E-state index contributed by atoms with van der Waals surface area (Å²) in [5.41, 5.74) is 8.33. The minimum atomic E-state index is -0.468. The number of unbranched alkanes of at least 4 members (excludes halogenated alkanes) is 2. The van der Waals surface area contributed by atoms with Crippen LogP contribution in [-0.4, -0.2) is 77.5 Å². The van der Waals surface area contributed by atoms with Gasteiger partial charge in [0.1, 0.15) is 11.9 Å². The second kappa shape index (κ2) is 17.2. The number of nitrogens with zero attached hydrogens (tertiary/aromatic N) is 2. The lowest BCUT2D eigenvalue weighted by Gasteiger charge is -2.38. The zero-order valence-electron chi connectivity index (χ0n) is 27.8. The summed E-state index contributed by atoms with van der Waals surface area (Å²) in [5.74, 6) is -0.511. The van der Waals surface area contributed by atoms with Crippen LogP contribution in [0.5, 0.6) is 5.75 Å². The lowest BCUT2D eigenvalue weighted by molar-refractivity contribution is -0.116. The summed E-state index contributed by atoms with van der Waals surface area (Å²) < 4.78 is 6.38. The number of likely N-dealkylation sites (N-methyl/N-ethyl adjacent to an activating group) is 1. The monoisotopic (exact) mass is 658 g/mol. The average molecular weight is 659 g/mol. The van der Waals surface area contributed by atoms with E-state index in [9.17, 15) is 24.3 Å². The van der Waals surface area contributed by atoms with Crippen LogP contribution in [0.2, 0.25) is 0 Å². The van der Waals surface area contributed by atoms with Gasteiger partial charge in [-0.2, -0.15) is 0 Å². The van der Waals surface area contributed by atoms with E-state index in [-0.39, 0.29) is 54.8 Å². The van der Waals surface area contributed by atoms with Gasteiger partial charge in [-0.25, -0.2) is 4.79 Å². The highest BCUT2D eigenvalue weighted by atomic mass is 16.5. The molecule has 0 bridgehead atoms. The molecule has 12 nitrogen and oxygen atoms in total. The number of aliphatic hydroxyl groups excluding tert-OH is 1. The van der Waals surface area contributed by atoms with E-state index >= 15 is 0 Å². The van der Waals surface area contributed by atoms with Gasteiger partial charge in [0, 0.05) is 43.7 Å². The molecule has 0 aliphatic carbocycles. The maximum Gasteiger partial charge on any atom is 0.321 e. The Bertz CT molecular complexity index is 1570. The van der Waals surface area contributed by atoms with Crippen molar-refractivity contribution < 1.29 is 29.0 Å². The molecule has 1 aliphatic heterocycles. The molecule has 0 spiro atoms. The molecule has 0 aromatic heterocycles. The number of aliphatic hydroxyl groups is 1. The highest BCUT2D eigenvalue weighted by Gasteiger charge is 2.34. The number of hydrogen-bond acceptors (Lipinski definition) is 7. The Morgan fingerprint density at radius 1 is 0.938 bits per heavy atom. The van der Waals surface area contributed by atoms with Crippen LogP contribution in [0.1, 0.15) is 56.3 Å². The van der Waals surface area contributed by atoms with Crippen molar-refractivity contribution in [1.29, 1.82) is 0 Å². The number of anilines is 4. The number of urea groups is 1. The zero-order chi connectivity index (χ0) is 34.6. The number of nitrogens with one attached hydrogen (secondary N) is 3. The van der Waals surface area contributed by atoms with E-state index in [0.29, 0.717) is 60.7 Å². The Kier molecular flexibility index (Phi) is 12.8. The van der Waals surface area contributed by atoms with Crippen LogP contribution in [-0.2, 0) is 9.59 Å². The number of para-hydroxylation sites is 3. The molecule has 0 fully saturated rings. The highest BCUT2D eigenvalue weighted by Crippen LogP contribution is 2.31. The first-order chi connectivity index (χ1) is 23.0. The van der Waals surface area contributed by atoms with E-state index in [1.807, 2.05) is 25.1 Å². The second-order valence-corrected chi connectivity index (χ2v) is 12.3. The van der Waals surface area contributed by atoms with Gasteiger partial charge in [-0.3, -0.25) is 14.4 Å². The number of nitrogen functional groups attached to an aromatic ring is 1. The van der Waals surface area contributed by atoms with Gasteiger partial charge in [-0.15, -0.1) is 0 Å². The summed E-state index contributed by atoms with van der Waals surface area (Å²) >= 11 is 0. The highest BCUT2D eigenvalue weighted by molar-refractivity contribution is 6.00. The molecule has 48 heavy (non-hydrogen) atoms. The van der Waals surface area contributed by atoms with Gasteiger partial charge in [0.25, 0.3) is 5.91 Å². The molecule has 12 heteroatoms. The Morgan fingerprint density at radius 2 is 1.60 bits per heavy atom. The number of nitrogens with two attached hydrogens (primary N) is 1. The van der Waals surface area contributed by atoms with Crippen LogP contribution < -0.4 is 26.4 Å². The number of hydrogen-bond donors (Lipinski definition) is 5. The lowest BCUT2D eigenvalue weighted by Crippen LogP contribution is -2.50. The lowest BCUT2D eigenvalue weighted by atomic mass is 9.99. The van der Waals surface area contributed by atoms with Crippen LogP contribution in [0.15, 0.2) is 72.8 Å². The van der Waals surface area contributed by atoms with Gasteiger partial charge in [0.2, 0.25) is 11.8 Å². The smallest absolute Gasteiger partial charge is 0.321 e. The van der Waals surface area contributed by atoms with Crippen molar-refractivity contribution in [3.05, 3.63) is 78.4 Å². The molecule has 0 unspecified atom stereocenters. The molecular formula is C36H46N6O6. The third-order valence-electron chi connectivity index (χ3n) is 8.32. The Morgan fingerprint density at radius 3 is 2.29 bits per heavy atom. The van der Waals surface area contributed by atoms with Crippen LogP contribution in [0.4, 0.5) is 27.5 Å². The third-order valence-corrected chi connectivity index (χ3v) is 8.32. The number of fused-ring (bicyclic) bond motifs is 1. The van der Waals surface area contributed by atoms with Crippen molar-refractivity contribution in [3.8, 4) is 5.75 Å². The van der Waals surface area contributed by atoms with Crippen LogP contribution in [0.25, 0.3) is 0 Å². The first kappa shape index (κ1) is 35.7. The molecule has 0 saturated heterocycles. The maximum atomic E-state index is 13.8. The summed E-state index contributed by atoms with van der Waals surface area (Å²) in [6, 6.07) is 20.4. The quantitative estimate of drug-likeness (QED) is 0.125. The van der Waals surface area contributed by atoms with E-state index < -0.39 is 12.1 Å². The largest absolute Gasteiger partial charge is 0.487 e. The second-order valence-electron chi connectivity index (χ2n) is 12.3. The van der Waals surface area contributed by atoms with Crippen molar-refractivity contribution in [3.63, 3.8) is 0 Å². The van der Waals surface area contributed by atoms with Gasteiger partial charge in [-0.05, 0) is 62.2 Å². The van der Waals surface area contributed by atoms with Gasteiger partial charge in [0.15, 0.2) is 0 Å². The first-order valence-electron chi connectivity index (χ1n) is 16.3. The number of ether oxygens (including phenoxy) is 1. The van der Waals surface area contributed by atoms with E-state index in [0.717, 1.165) is 0 Å². The van der Waals surface area contributed by atoms with E-state index in [1.165, 1.54) is 4.90 Å². The molecule has 256 valence electrons. The standard InChI is InChI=1S/C36H46N6O6/c1-24-21-42(25(2)23-43)35(46)28-20-27(38-33(44)16-8-5-9-17-34(45)40-30-15-11-10-14-29(30)37)18-19-31(28)48-32(24)22-41(3)36(47)39-26-12-6-4-7-13-26/h4,6-7,10-15,18-20,24-25,32,43H,5,8-9,16-17,21-23,37H2,1-3H3,(H,38,44)(H,39,47)(H,40,45)/t24-,25+,32+/m0/s1. The molecule has 3 atom stereocenters. The van der Waals surface area contributed by atoms with Gasteiger partial charge in [-0.1, -0.05) is 43.7 Å².